The number of nitrogens with one attached hydrogen (secondary N) is 1. The van der Waals surface area contributed by atoms with Gasteiger partial charge in [0.2, 0.25) is 5.91 Å². The van der Waals surface area contributed by atoms with E-state index in [1.807, 2.05) is 23.6 Å². The van der Waals surface area contributed by atoms with Crippen LogP contribution in [0, 0.1) is 0 Å². The lowest BCUT2D eigenvalue weighted by molar-refractivity contribution is -0.120. The second kappa shape index (κ2) is 7.11. The number of aromatic nitrogens is 1. The Morgan fingerprint density at radius 3 is 3.05 bits per heavy atom. The molecule has 0 atom stereocenters. The van der Waals surface area contributed by atoms with Crippen molar-refractivity contribution in [1.82, 2.24) is 10.5 Å². The third kappa shape index (κ3) is 4.87. The summed E-state index contributed by atoms with van der Waals surface area (Å²) in [6.45, 7) is 3.47. The van der Waals surface area contributed by atoms with Crippen LogP contribution in [0.15, 0.2) is 28.1 Å². The summed E-state index contributed by atoms with van der Waals surface area (Å²) in [7, 11) is 0. The largest absolute Gasteiger partial charge is 0.394 e. The molecule has 0 aromatic carbocycles. The summed E-state index contributed by atoms with van der Waals surface area (Å²) < 4.78 is 5.28. The molecule has 7 heteroatoms. The number of carbonyl (C=O) groups is 1. The topological polar surface area (TPSA) is 75.4 Å². The van der Waals surface area contributed by atoms with E-state index in [1.165, 1.54) is 11.8 Å². The van der Waals surface area contributed by atoms with Crippen molar-refractivity contribution in [2.24, 2.45) is 0 Å². The van der Waals surface area contributed by atoms with Crippen molar-refractivity contribution < 1.29 is 14.4 Å². The zero-order chi connectivity index (χ0) is 15.3. The van der Waals surface area contributed by atoms with Crippen molar-refractivity contribution in [2.75, 3.05) is 12.4 Å². The zero-order valence-electron chi connectivity index (χ0n) is 12.0. The molecule has 2 rings (SSSR count). The average Bonchev–Trinajstić information content (AvgIpc) is 3.08. The number of carbonyl (C=O) groups excluding carboxylic acids is 1. The molecule has 0 saturated carbocycles. The van der Waals surface area contributed by atoms with Gasteiger partial charge in [0.1, 0.15) is 0 Å². The highest BCUT2D eigenvalue weighted by atomic mass is 32.2. The Kier molecular flexibility index (Phi) is 5.44. The van der Waals surface area contributed by atoms with Gasteiger partial charge in [0, 0.05) is 11.8 Å². The smallest absolute Gasteiger partial charge is 0.230 e. The van der Waals surface area contributed by atoms with Gasteiger partial charge in [-0.15, -0.1) is 23.1 Å². The number of rotatable bonds is 7. The predicted molar refractivity (Wildman–Crippen MR) is 85.3 cm³/mol. The number of hydrogen-bond acceptors (Lipinski definition) is 6. The number of hydrogen-bond donors (Lipinski definition) is 2. The van der Waals surface area contributed by atoms with Gasteiger partial charge in [-0.05, 0) is 25.3 Å². The number of amides is 1. The summed E-state index contributed by atoms with van der Waals surface area (Å²) in [4.78, 5) is 12.8. The average molecular weight is 326 g/mol. The lowest BCUT2D eigenvalue weighted by Gasteiger charge is -2.23. The van der Waals surface area contributed by atoms with Gasteiger partial charge in [0.05, 0.1) is 28.5 Å². The highest BCUT2D eigenvalue weighted by Crippen LogP contribution is 2.26. The first kappa shape index (κ1) is 16.1. The molecule has 0 aliphatic heterocycles. The van der Waals surface area contributed by atoms with Crippen LogP contribution >= 0.6 is 23.1 Å². The Bertz CT molecular complexity index is 579. The van der Waals surface area contributed by atoms with E-state index in [1.54, 1.807) is 25.2 Å². The van der Waals surface area contributed by atoms with Crippen molar-refractivity contribution in [3.05, 3.63) is 29.3 Å². The maximum Gasteiger partial charge on any atom is 0.230 e. The van der Waals surface area contributed by atoms with Gasteiger partial charge in [-0.25, -0.2) is 0 Å². The van der Waals surface area contributed by atoms with E-state index in [2.05, 4.69) is 10.5 Å². The van der Waals surface area contributed by atoms with Crippen LogP contribution < -0.4 is 5.32 Å². The fourth-order valence-electron chi connectivity index (χ4n) is 1.62. The van der Waals surface area contributed by atoms with E-state index in [0.717, 1.165) is 16.3 Å². The molecule has 0 radical (unpaired) electrons. The normalized spacial score (nSPS) is 11.6. The Morgan fingerprint density at radius 1 is 1.57 bits per heavy atom. The van der Waals surface area contributed by atoms with E-state index in [-0.39, 0.29) is 12.5 Å². The SMILES string of the molecule is CC(C)(CO)NC(=O)CSCc1cc(-c2cccs2)on1. The van der Waals surface area contributed by atoms with Crippen LogP contribution in [0.3, 0.4) is 0 Å². The van der Waals surface area contributed by atoms with Crippen LogP contribution in [-0.4, -0.2) is 34.1 Å². The maximum atomic E-state index is 11.7. The monoisotopic (exact) mass is 326 g/mol. The molecule has 0 aliphatic rings. The van der Waals surface area contributed by atoms with Crippen LogP contribution in [0.25, 0.3) is 10.6 Å². The first-order valence-electron chi connectivity index (χ1n) is 6.49. The van der Waals surface area contributed by atoms with Gasteiger partial charge in [0.15, 0.2) is 5.76 Å². The molecule has 5 nitrogen and oxygen atoms in total. The van der Waals surface area contributed by atoms with Crippen molar-refractivity contribution >= 4 is 29.0 Å². The Balaban J connectivity index is 1.78. The number of thiophene rings is 1. The minimum absolute atomic E-state index is 0.0864. The summed E-state index contributed by atoms with van der Waals surface area (Å²) in [6, 6.07) is 5.84. The molecular weight excluding hydrogens is 308 g/mol. The number of nitrogens with zero attached hydrogens (tertiary/aromatic N) is 1. The van der Waals surface area contributed by atoms with E-state index in [4.69, 9.17) is 9.63 Å². The molecule has 2 heterocycles. The summed E-state index contributed by atoms with van der Waals surface area (Å²) in [5, 5.41) is 17.8. The van der Waals surface area contributed by atoms with Gasteiger partial charge in [0.25, 0.3) is 0 Å². The molecule has 0 saturated heterocycles. The second-order valence-electron chi connectivity index (χ2n) is 5.24. The second-order valence-corrected chi connectivity index (χ2v) is 7.18. The molecule has 0 aliphatic carbocycles. The molecule has 0 spiro atoms. The quantitative estimate of drug-likeness (QED) is 0.818. The van der Waals surface area contributed by atoms with Crippen LogP contribution in [-0.2, 0) is 10.5 Å². The van der Waals surface area contributed by atoms with E-state index >= 15 is 0 Å². The first-order valence-corrected chi connectivity index (χ1v) is 8.53. The molecule has 2 N–H and O–H groups in total. The van der Waals surface area contributed by atoms with Crippen molar-refractivity contribution in [2.45, 2.75) is 25.1 Å². The Morgan fingerprint density at radius 2 is 2.38 bits per heavy atom. The number of aliphatic hydroxyl groups excluding tert-OH is 1. The molecule has 2 aromatic heterocycles. The lowest BCUT2D eigenvalue weighted by Crippen LogP contribution is -2.47. The number of aliphatic hydroxyl groups is 1. The van der Waals surface area contributed by atoms with Crippen LogP contribution in [0.1, 0.15) is 19.5 Å². The third-order valence-corrected chi connectivity index (χ3v) is 4.53. The summed E-state index contributed by atoms with van der Waals surface area (Å²) in [6.07, 6.45) is 0. The summed E-state index contributed by atoms with van der Waals surface area (Å²) in [5.41, 5.74) is 0.232. The number of thioether (sulfide) groups is 1. The lowest BCUT2D eigenvalue weighted by atomic mass is 10.1. The minimum Gasteiger partial charge on any atom is -0.394 e. The van der Waals surface area contributed by atoms with Crippen molar-refractivity contribution in [3.63, 3.8) is 0 Å². The third-order valence-electron chi connectivity index (χ3n) is 2.68. The highest BCUT2D eigenvalue weighted by molar-refractivity contribution is 7.99. The molecule has 0 unspecified atom stereocenters. The predicted octanol–water partition coefficient (Wildman–Crippen LogP) is 2.52. The van der Waals surface area contributed by atoms with E-state index in [9.17, 15) is 4.79 Å². The minimum atomic E-state index is -0.585. The standard InChI is InChI=1S/C14H18N2O3S2/c1-14(2,9-17)15-13(18)8-20-7-10-6-11(19-16-10)12-4-3-5-21-12/h3-6,17H,7-9H2,1-2H3,(H,15,18). The van der Waals surface area contributed by atoms with Crippen LogP contribution in [0.4, 0.5) is 0 Å². The van der Waals surface area contributed by atoms with Crippen molar-refractivity contribution in [1.29, 1.82) is 0 Å². The van der Waals surface area contributed by atoms with Crippen LogP contribution in [0.2, 0.25) is 0 Å². The van der Waals surface area contributed by atoms with Gasteiger partial charge >= 0.3 is 0 Å². The molecule has 114 valence electrons. The summed E-state index contributed by atoms with van der Waals surface area (Å²) in [5.74, 6) is 1.60. The molecule has 0 bridgehead atoms. The Labute approximate surface area is 131 Å². The van der Waals surface area contributed by atoms with Gasteiger partial charge in [-0.1, -0.05) is 11.2 Å². The Hall–Kier alpha value is -1.31. The first-order chi connectivity index (χ1) is 10.00. The highest BCUT2D eigenvalue weighted by Gasteiger charge is 2.18. The summed E-state index contributed by atoms with van der Waals surface area (Å²) >= 11 is 3.06. The van der Waals surface area contributed by atoms with Crippen molar-refractivity contribution in [3.8, 4) is 10.6 Å². The molecule has 2 aromatic rings. The van der Waals surface area contributed by atoms with Crippen LogP contribution in [0.5, 0.6) is 0 Å². The van der Waals surface area contributed by atoms with Gasteiger partial charge in [-0.2, -0.15) is 0 Å². The molecule has 21 heavy (non-hydrogen) atoms. The fourth-order valence-corrected chi connectivity index (χ4v) is 2.99. The van der Waals surface area contributed by atoms with Gasteiger partial charge < -0.3 is 14.9 Å². The zero-order valence-corrected chi connectivity index (χ0v) is 13.6. The van der Waals surface area contributed by atoms with E-state index in [0.29, 0.717) is 11.5 Å². The maximum absolute atomic E-state index is 11.7. The van der Waals surface area contributed by atoms with Gasteiger partial charge in [-0.3, -0.25) is 4.79 Å². The molecular formula is C14H18N2O3S2. The van der Waals surface area contributed by atoms with E-state index < -0.39 is 5.54 Å². The molecule has 1 amide bonds. The molecule has 0 fully saturated rings. The fraction of sp³-hybridized carbons (Fsp3) is 0.429.